The molecule has 4 rings (SSSR count). The minimum absolute atomic E-state index is 0.0679. The van der Waals surface area contributed by atoms with Crippen molar-refractivity contribution in [3.63, 3.8) is 0 Å². The number of para-hydroxylation sites is 2. The highest BCUT2D eigenvalue weighted by Gasteiger charge is 2.36. The number of carbonyl (C=O) groups is 2. The zero-order chi connectivity index (χ0) is 18.8. The van der Waals surface area contributed by atoms with Gasteiger partial charge in [-0.15, -0.1) is 0 Å². The van der Waals surface area contributed by atoms with E-state index in [0.29, 0.717) is 35.2 Å². The highest BCUT2D eigenvalue weighted by atomic mass is 16.5. The van der Waals surface area contributed by atoms with E-state index in [9.17, 15) is 9.59 Å². The average Bonchev–Trinajstić information content (AvgIpc) is 3.08. The number of aromatic nitrogens is 2. The molecule has 1 aromatic heterocycles. The summed E-state index contributed by atoms with van der Waals surface area (Å²) in [5.41, 5.74) is 2.52. The number of anilines is 1. The lowest BCUT2D eigenvalue weighted by molar-refractivity contribution is -0.124. The highest BCUT2D eigenvalue weighted by molar-refractivity contribution is 6.01. The molecule has 0 N–H and O–H groups in total. The topological polar surface area (TPSA) is 96.2 Å². The number of rotatable bonds is 3. The van der Waals surface area contributed by atoms with Crippen LogP contribution in [0.5, 0.6) is 0 Å². The van der Waals surface area contributed by atoms with Gasteiger partial charge in [0, 0.05) is 18.7 Å². The quantitative estimate of drug-likeness (QED) is 0.667. The van der Waals surface area contributed by atoms with Crippen LogP contribution in [0.3, 0.4) is 0 Å². The fourth-order valence-electron chi connectivity index (χ4n) is 2.98. The summed E-state index contributed by atoms with van der Waals surface area (Å²) < 4.78 is 5.37. The summed E-state index contributed by atoms with van der Waals surface area (Å²) in [5.74, 6) is -0.963. The largest absolute Gasteiger partial charge is 0.447 e. The predicted molar refractivity (Wildman–Crippen MR) is 96.9 cm³/mol. The van der Waals surface area contributed by atoms with Crippen molar-refractivity contribution in [1.29, 1.82) is 5.26 Å². The molecule has 0 aliphatic carbocycles. The molecule has 0 spiro atoms. The zero-order valence-electron chi connectivity index (χ0n) is 14.2. The Morgan fingerprint density at radius 1 is 1.15 bits per heavy atom. The third kappa shape index (κ3) is 3.20. The number of ether oxygens (including phenoxy) is 1. The molecule has 1 aliphatic heterocycles. The van der Waals surface area contributed by atoms with Gasteiger partial charge in [0.15, 0.2) is 11.8 Å². The Kier molecular flexibility index (Phi) is 4.22. The van der Waals surface area contributed by atoms with Gasteiger partial charge in [-0.3, -0.25) is 9.78 Å². The summed E-state index contributed by atoms with van der Waals surface area (Å²) in [6, 6.07) is 15.9. The average molecular weight is 358 g/mol. The lowest BCUT2D eigenvalue weighted by Gasteiger charge is -2.16. The van der Waals surface area contributed by atoms with E-state index in [1.54, 1.807) is 41.3 Å². The fourth-order valence-corrected chi connectivity index (χ4v) is 2.98. The summed E-state index contributed by atoms with van der Waals surface area (Å²) in [6.07, 6.45) is 0.884. The van der Waals surface area contributed by atoms with Gasteiger partial charge in [0.2, 0.25) is 0 Å². The van der Waals surface area contributed by atoms with Crippen molar-refractivity contribution in [3.8, 4) is 6.07 Å². The van der Waals surface area contributed by atoms with Gasteiger partial charge in [0.1, 0.15) is 0 Å². The SMILES string of the molecule is N#Cc1ccc(N2CCC(OC(=O)c3cnc4ccccc4n3)C2=O)cc1. The number of carbonyl (C=O) groups excluding carboxylic acids is 2. The Morgan fingerprint density at radius 3 is 2.63 bits per heavy atom. The first-order chi connectivity index (χ1) is 13.2. The Labute approximate surface area is 154 Å². The van der Waals surface area contributed by atoms with Crippen LogP contribution in [0.1, 0.15) is 22.5 Å². The van der Waals surface area contributed by atoms with Gasteiger partial charge >= 0.3 is 5.97 Å². The molecule has 2 aromatic carbocycles. The molecular weight excluding hydrogens is 344 g/mol. The van der Waals surface area contributed by atoms with Gasteiger partial charge < -0.3 is 9.64 Å². The van der Waals surface area contributed by atoms with Crippen molar-refractivity contribution < 1.29 is 14.3 Å². The van der Waals surface area contributed by atoms with E-state index in [4.69, 9.17) is 10.00 Å². The molecule has 1 unspecified atom stereocenters. The number of esters is 1. The molecule has 132 valence electrons. The van der Waals surface area contributed by atoms with E-state index in [-0.39, 0.29) is 11.6 Å². The Hall–Kier alpha value is -3.79. The number of nitrogens with zero attached hydrogens (tertiary/aromatic N) is 4. The number of hydrogen-bond acceptors (Lipinski definition) is 6. The van der Waals surface area contributed by atoms with Crippen LogP contribution in [0.4, 0.5) is 5.69 Å². The van der Waals surface area contributed by atoms with Crippen molar-refractivity contribution in [2.75, 3.05) is 11.4 Å². The Morgan fingerprint density at radius 2 is 1.89 bits per heavy atom. The van der Waals surface area contributed by atoms with Gasteiger partial charge in [-0.1, -0.05) is 12.1 Å². The third-order valence-corrected chi connectivity index (χ3v) is 4.37. The van der Waals surface area contributed by atoms with E-state index >= 15 is 0 Å². The Bertz CT molecular complexity index is 1070. The van der Waals surface area contributed by atoms with Gasteiger partial charge in [0.25, 0.3) is 5.91 Å². The van der Waals surface area contributed by atoms with Crippen LogP contribution in [0.2, 0.25) is 0 Å². The predicted octanol–water partition coefficient (Wildman–Crippen LogP) is 2.46. The van der Waals surface area contributed by atoms with E-state index in [1.165, 1.54) is 6.20 Å². The maximum atomic E-state index is 12.6. The fraction of sp³-hybridized carbons (Fsp3) is 0.150. The number of benzene rings is 2. The van der Waals surface area contributed by atoms with Crippen molar-refractivity contribution in [2.24, 2.45) is 0 Å². The summed E-state index contributed by atoms with van der Waals surface area (Å²) in [7, 11) is 0. The van der Waals surface area contributed by atoms with Gasteiger partial charge in [0.05, 0.1) is 28.9 Å². The molecule has 1 aliphatic rings. The smallest absolute Gasteiger partial charge is 0.359 e. The normalized spacial score (nSPS) is 16.3. The zero-order valence-corrected chi connectivity index (χ0v) is 14.2. The van der Waals surface area contributed by atoms with E-state index < -0.39 is 12.1 Å². The number of amides is 1. The van der Waals surface area contributed by atoms with Crippen molar-refractivity contribution >= 4 is 28.6 Å². The van der Waals surface area contributed by atoms with Crippen LogP contribution in [0, 0.1) is 11.3 Å². The lowest BCUT2D eigenvalue weighted by Crippen LogP contribution is -2.32. The van der Waals surface area contributed by atoms with Crippen LogP contribution in [0.25, 0.3) is 11.0 Å². The third-order valence-electron chi connectivity index (χ3n) is 4.37. The highest BCUT2D eigenvalue weighted by Crippen LogP contribution is 2.24. The van der Waals surface area contributed by atoms with Crippen molar-refractivity contribution in [1.82, 2.24) is 9.97 Å². The first-order valence-electron chi connectivity index (χ1n) is 8.40. The maximum Gasteiger partial charge on any atom is 0.359 e. The minimum Gasteiger partial charge on any atom is -0.447 e. The molecule has 1 fully saturated rings. The second kappa shape index (κ2) is 6.84. The first-order valence-corrected chi connectivity index (χ1v) is 8.40. The molecule has 0 radical (unpaired) electrons. The van der Waals surface area contributed by atoms with Crippen molar-refractivity contribution in [3.05, 3.63) is 66.0 Å². The summed E-state index contributed by atoms with van der Waals surface area (Å²) in [5, 5.41) is 8.86. The van der Waals surface area contributed by atoms with E-state index in [2.05, 4.69) is 9.97 Å². The summed E-state index contributed by atoms with van der Waals surface area (Å²) >= 11 is 0. The standard InChI is InChI=1S/C20H14N4O3/c21-11-13-5-7-14(8-6-13)24-10-9-18(19(24)25)27-20(26)17-12-22-15-3-1-2-4-16(15)23-17/h1-8,12,18H,9-10H2. The van der Waals surface area contributed by atoms with Crippen LogP contribution in [0.15, 0.2) is 54.7 Å². The second-order valence-corrected chi connectivity index (χ2v) is 6.08. The van der Waals surface area contributed by atoms with Crippen LogP contribution in [-0.4, -0.2) is 34.5 Å². The number of hydrogen-bond donors (Lipinski definition) is 0. The second-order valence-electron chi connectivity index (χ2n) is 6.08. The molecule has 1 saturated heterocycles. The van der Waals surface area contributed by atoms with Crippen LogP contribution < -0.4 is 4.90 Å². The minimum atomic E-state index is -0.860. The van der Waals surface area contributed by atoms with E-state index in [1.807, 2.05) is 18.2 Å². The first kappa shape index (κ1) is 16.7. The molecule has 7 nitrogen and oxygen atoms in total. The van der Waals surface area contributed by atoms with Crippen molar-refractivity contribution in [2.45, 2.75) is 12.5 Å². The Balaban J connectivity index is 1.48. The van der Waals surface area contributed by atoms with E-state index in [0.717, 1.165) is 0 Å². The molecule has 1 amide bonds. The summed E-state index contributed by atoms with van der Waals surface area (Å²) in [6.45, 7) is 0.437. The number of nitriles is 1. The molecule has 1 atom stereocenters. The van der Waals surface area contributed by atoms with Gasteiger partial charge in [-0.25, -0.2) is 9.78 Å². The summed E-state index contributed by atoms with van der Waals surface area (Å²) in [4.78, 5) is 35.0. The van der Waals surface area contributed by atoms with Gasteiger partial charge in [-0.05, 0) is 36.4 Å². The molecule has 3 aromatic rings. The molecule has 0 bridgehead atoms. The monoisotopic (exact) mass is 358 g/mol. The van der Waals surface area contributed by atoms with Crippen LogP contribution >= 0.6 is 0 Å². The number of fused-ring (bicyclic) bond motifs is 1. The molecule has 7 heteroatoms. The van der Waals surface area contributed by atoms with Crippen LogP contribution in [-0.2, 0) is 9.53 Å². The molecular formula is C20H14N4O3. The molecule has 27 heavy (non-hydrogen) atoms. The lowest BCUT2D eigenvalue weighted by atomic mass is 10.2. The molecule has 0 saturated carbocycles. The van der Waals surface area contributed by atoms with Gasteiger partial charge in [-0.2, -0.15) is 5.26 Å². The maximum absolute atomic E-state index is 12.6. The molecule has 2 heterocycles.